The van der Waals surface area contributed by atoms with Crippen LogP contribution in [0.2, 0.25) is 0 Å². The lowest BCUT2D eigenvalue weighted by Crippen LogP contribution is -2.01. The van der Waals surface area contributed by atoms with Gasteiger partial charge in [-0.2, -0.15) is 8.42 Å². The molecule has 17 heavy (non-hydrogen) atoms. The van der Waals surface area contributed by atoms with Crippen molar-refractivity contribution in [1.29, 1.82) is 0 Å². The quantitative estimate of drug-likeness (QED) is 0.841. The minimum atomic E-state index is -4.55. The molecule has 7 heteroatoms. The number of fused-ring (bicyclic) bond motifs is 1. The van der Waals surface area contributed by atoms with Gasteiger partial charge >= 0.3 is 0 Å². The summed E-state index contributed by atoms with van der Waals surface area (Å²) in [6.07, 6.45) is -0.716. The average Bonchev–Trinajstić information content (AvgIpc) is 2.26. The number of benzene rings is 1. The molecule has 2 aromatic rings. The number of hydrogen-bond donors (Lipinski definition) is 1. The van der Waals surface area contributed by atoms with Crippen molar-refractivity contribution < 1.29 is 21.8 Å². The van der Waals surface area contributed by atoms with Crippen LogP contribution in [0.25, 0.3) is 10.8 Å². The summed E-state index contributed by atoms with van der Waals surface area (Å²) in [6, 6.07) is 3.87. The number of alkyl halides is 2. The Morgan fingerprint density at radius 3 is 2.53 bits per heavy atom. The molecule has 1 N–H and O–H groups in total. The third-order valence-corrected chi connectivity index (χ3v) is 3.18. The monoisotopic (exact) mass is 259 g/mol. The van der Waals surface area contributed by atoms with E-state index in [1.807, 2.05) is 0 Å². The third kappa shape index (κ3) is 2.11. The lowest BCUT2D eigenvalue weighted by molar-refractivity contribution is 0.152. The number of aromatic nitrogens is 1. The summed E-state index contributed by atoms with van der Waals surface area (Å²) in [7, 11) is -4.55. The fourth-order valence-electron chi connectivity index (χ4n) is 1.61. The largest absolute Gasteiger partial charge is 0.295 e. The maximum atomic E-state index is 12.7. The molecule has 0 spiro atoms. The van der Waals surface area contributed by atoms with E-state index in [9.17, 15) is 17.2 Å². The Morgan fingerprint density at radius 2 is 1.94 bits per heavy atom. The molecule has 0 aliphatic carbocycles. The molecule has 0 radical (unpaired) electrons. The van der Waals surface area contributed by atoms with E-state index in [1.165, 1.54) is 18.3 Å². The molecule has 0 saturated carbocycles. The van der Waals surface area contributed by atoms with Crippen LogP contribution in [0.15, 0.2) is 35.5 Å². The van der Waals surface area contributed by atoms with Crippen LogP contribution in [0.4, 0.5) is 8.78 Å². The highest BCUT2D eigenvalue weighted by molar-refractivity contribution is 7.86. The Balaban J connectivity index is 2.96. The van der Waals surface area contributed by atoms with Gasteiger partial charge in [0.15, 0.2) is 0 Å². The Bertz CT molecular complexity index is 665. The first-order valence-electron chi connectivity index (χ1n) is 4.53. The summed E-state index contributed by atoms with van der Waals surface area (Å²) in [5, 5.41) is 0.0397. The van der Waals surface area contributed by atoms with Crippen LogP contribution in [0.5, 0.6) is 0 Å². The first kappa shape index (κ1) is 11.9. The van der Waals surface area contributed by atoms with Gasteiger partial charge in [0.1, 0.15) is 4.90 Å². The summed E-state index contributed by atoms with van der Waals surface area (Å²) in [6.45, 7) is 0. The van der Waals surface area contributed by atoms with E-state index >= 15 is 0 Å². The highest BCUT2D eigenvalue weighted by atomic mass is 32.2. The summed E-state index contributed by atoms with van der Waals surface area (Å²) in [5.41, 5.74) is -0.518. The van der Waals surface area contributed by atoms with Crippen molar-refractivity contribution in [1.82, 2.24) is 4.98 Å². The van der Waals surface area contributed by atoms with Crippen LogP contribution < -0.4 is 0 Å². The van der Waals surface area contributed by atoms with E-state index in [0.29, 0.717) is 0 Å². The molecule has 1 aromatic heterocycles. The van der Waals surface area contributed by atoms with Gasteiger partial charge in [0, 0.05) is 28.7 Å². The van der Waals surface area contributed by atoms with Crippen LogP contribution >= 0.6 is 0 Å². The Kier molecular flexibility index (Phi) is 2.80. The fourth-order valence-corrected chi connectivity index (χ4v) is 2.35. The van der Waals surface area contributed by atoms with Gasteiger partial charge in [-0.3, -0.25) is 9.54 Å². The van der Waals surface area contributed by atoms with Crippen molar-refractivity contribution >= 4 is 20.9 Å². The van der Waals surface area contributed by atoms with Crippen LogP contribution in [-0.4, -0.2) is 18.0 Å². The number of hydrogen-bond acceptors (Lipinski definition) is 3. The van der Waals surface area contributed by atoms with E-state index in [1.54, 1.807) is 0 Å². The Morgan fingerprint density at radius 1 is 1.24 bits per heavy atom. The Hall–Kier alpha value is -1.60. The van der Waals surface area contributed by atoms with Crippen molar-refractivity contribution in [3.05, 3.63) is 36.2 Å². The predicted octanol–water partition coefficient (Wildman–Crippen LogP) is 2.42. The summed E-state index contributed by atoms with van der Waals surface area (Å²) in [5.74, 6) is 0. The van der Waals surface area contributed by atoms with Gasteiger partial charge in [-0.25, -0.2) is 8.78 Å². The van der Waals surface area contributed by atoms with Crippen molar-refractivity contribution in [3.63, 3.8) is 0 Å². The maximum absolute atomic E-state index is 12.7. The minimum Gasteiger partial charge on any atom is -0.282 e. The molecule has 90 valence electrons. The molecule has 0 bridgehead atoms. The van der Waals surface area contributed by atoms with Crippen molar-refractivity contribution in [2.75, 3.05) is 0 Å². The first-order valence-corrected chi connectivity index (χ1v) is 5.97. The molecular weight excluding hydrogens is 252 g/mol. The van der Waals surface area contributed by atoms with Crippen molar-refractivity contribution in [2.24, 2.45) is 0 Å². The molecule has 0 amide bonds. The van der Waals surface area contributed by atoms with Gasteiger partial charge in [0.05, 0.1) is 0 Å². The molecule has 1 aromatic carbocycles. The molecule has 1 heterocycles. The lowest BCUT2D eigenvalue weighted by atomic mass is 10.1. The molecule has 0 aliphatic heterocycles. The molecule has 4 nitrogen and oxygen atoms in total. The summed E-state index contributed by atoms with van der Waals surface area (Å²) in [4.78, 5) is 3.07. The van der Waals surface area contributed by atoms with Gasteiger partial charge in [-0.15, -0.1) is 0 Å². The number of halogens is 2. The van der Waals surface area contributed by atoms with Crippen LogP contribution in [-0.2, 0) is 10.1 Å². The third-order valence-electron chi connectivity index (χ3n) is 2.29. The lowest BCUT2D eigenvalue weighted by Gasteiger charge is -2.08. The first-order chi connectivity index (χ1) is 7.91. The van der Waals surface area contributed by atoms with E-state index < -0.39 is 27.0 Å². The van der Waals surface area contributed by atoms with Crippen LogP contribution in [0.3, 0.4) is 0 Å². The summed E-state index contributed by atoms with van der Waals surface area (Å²) >= 11 is 0. The van der Waals surface area contributed by atoms with E-state index in [-0.39, 0.29) is 10.8 Å². The van der Waals surface area contributed by atoms with Gasteiger partial charge in [0.25, 0.3) is 16.5 Å². The van der Waals surface area contributed by atoms with Crippen molar-refractivity contribution in [2.45, 2.75) is 11.3 Å². The van der Waals surface area contributed by atoms with Crippen LogP contribution in [0.1, 0.15) is 12.0 Å². The molecule has 0 saturated heterocycles. The van der Waals surface area contributed by atoms with Gasteiger partial charge in [-0.1, -0.05) is 12.1 Å². The predicted molar refractivity (Wildman–Crippen MR) is 56.5 cm³/mol. The van der Waals surface area contributed by atoms with E-state index in [0.717, 1.165) is 12.3 Å². The van der Waals surface area contributed by atoms with E-state index in [2.05, 4.69) is 4.98 Å². The number of nitrogens with zero attached hydrogens (tertiary/aromatic N) is 1. The SMILES string of the molecule is O=S(=O)(O)c1cccc2cncc(C(F)F)c12. The molecule has 2 rings (SSSR count). The van der Waals surface area contributed by atoms with Crippen molar-refractivity contribution in [3.8, 4) is 0 Å². The standard InChI is InChI=1S/C10H7F2NO3S/c11-10(12)7-5-13-4-6-2-1-3-8(9(6)7)17(14,15)16/h1-5,10H,(H,14,15,16). The molecule has 0 unspecified atom stereocenters. The van der Waals surface area contributed by atoms with Crippen LogP contribution in [0, 0.1) is 0 Å². The maximum Gasteiger partial charge on any atom is 0.295 e. The second-order valence-corrected chi connectivity index (χ2v) is 4.75. The highest BCUT2D eigenvalue weighted by Gasteiger charge is 2.20. The Labute approximate surface area is 95.7 Å². The molecule has 0 atom stereocenters. The van der Waals surface area contributed by atoms with E-state index in [4.69, 9.17) is 4.55 Å². The molecular formula is C10H7F2NO3S. The zero-order valence-electron chi connectivity index (χ0n) is 8.34. The summed E-state index contributed by atoms with van der Waals surface area (Å²) < 4.78 is 56.7. The van der Waals surface area contributed by atoms with Gasteiger partial charge in [0.2, 0.25) is 0 Å². The number of rotatable bonds is 2. The zero-order valence-corrected chi connectivity index (χ0v) is 9.16. The average molecular weight is 259 g/mol. The molecule has 0 fully saturated rings. The molecule has 0 aliphatic rings. The second kappa shape index (κ2) is 4.01. The van der Waals surface area contributed by atoms with Gasteiger partial charge in [-0.05, 0) is 6.07 Å². The normalized spacial score (nSPS) is 12.2. The highest BCUT2D eigenvalue weighted by Crippen LogP contribution is 2.31. The second-order valence-electron chi connectivity index (χ2n) is 3.36. The number of pyridine rings is 1. The minimum absolute atomic E-state index is 0.194. The smallest absolute Gasteiger partial charge is 0.282 e. The zero-order chi connectivity index (χ0) is 12.6. The van der Waals surface area contributed by atoms with Gasteiger partial charge < -0.3 is 0 Å². The fraction of sp³-hybridized carbons (Fsp3) is 0.100. The topological polar surface area (TPSA) is 67.3 Å².